The average molecular weight is 565 g/mol. The van der Waals surface area contributed by atoms with Crippen LogP contribution in [0.1, 0.15) is 68.2 Å². The fourth-order valence-electron chi connectivity index (χ4n) is 5.49. The third-order valence-corrected chi connectivity index (χ3v) is 8.70. The van der Waals surface area contributed by atoms with E-state index in [9.17, 15) is 17.2 Å². The number of hydrogen-bond acceptors (Lipinski definition) is 8. The van der Waals surface area contributed by atoms with Crippen molar-refractivity contribution in [3.63, 3.8) is 0 Å². The predicted molar refractivity (Wildman–Crippen MR) is 147 cm³/mol. The van der Waals surface area contributed by atoms with Crippen molar-refractivity contribution < 1.29 is 17.2 Å². The van der Waals surface area contributed by atoms with Gasteiger partial charge in [0.15, 0.2) is 5.82 Å². The lowest BCUT2D eigenvalue weighted by atomic mass is 9.65. The maximum atomic E-state index is 14.6. The van der Waals surface area contributed by atoms with Crippen LogP contribution in [0.15, 0.2) is 48.9 Å². The molecule has 0 saturated heterocycles. The standard InChI is InChI=1S/C29H30F2N6O2S/c1-4-18-9-12-29(5-2,27-20(18)15-23(36-37-27)26-21(30)7-6-8-22(26)31)24-10-13-32-28(35-24)19-16-33-25(34-17-19)11-14-40(3,38)39/h6-8,10,13,15-18H,4-5,9,11-12,14H2,1-3H3/t18-,29+/m0/s1. The number of benzene rings is 1. The Hall–Kier alpha value is -3.73. The van der Waals surface area contributed by atoms with Crippen LogP contribution in [0.5, 0.6) is 0 Å². The molecule has 0 spiro atoms. The van der Waals surface area contributed by atoms with Crippen molar-refractivity contribution in [2.24, 2.45) is 0 Å². The first kappa shape index (κ1) is 27.8. The summed E-state index contributed by atoms with van der Waals surface area (Å²) in [6.07, 6.45) is 9.48. The van der Waals surface area contributed by atoms with E-state index >= 15 is 0 Å². The minimum Gasteiger partial charge on any atom is -0.241 e. The fourth-order valence-corrected chi connectivity index (χ4v) is 6.04. The maximum Gasteiger partial charge on any atom is 0.162 e. The van der Waals surface area contributed by atoms with E-state index in [0.29, 0.717) is 23.6 Å². The van der Waals surface area contributed by atoms with E-state index in [4.69, 9.17) is 4.98 Å². The number of sulfone groups is 1. The normalized spacial score (nSPS) is 18.9. The van der Waals surface area contributed by atoms with Crippen molar-refractivity contribution >= 4 is 9.84 Å². The zero-order valence-corrected chi connectivity index (χ0v) is 23.4. The summed E-state index contributed by atoms with van der Waals surface area (Å²) < 4.78 is 52.1. The molecule has 0 saturated carbocycles. The highest BCUT2D eigenvalue weighted by Crippen LogP contribution is 2.49. The Morgan fingerprint density at radius 3 is 2.40 bits per heavy atom. The average Bonchev–Trinajstić information content (AvgIpc) is 2.95. The van der Waals surface area contributed by atoms with Crippen molar-refractivity contribution in [1.82, 2.24) is 30.1 Å². The highest BCUT2D eigenvalue weighted by Gasteiger charge is 2.43. The summed E-state index contributed by atoms with van der Waals surface area (Å²) in [5, 5.41) is 8.92. The minimum atomic E-state index is -3.12. The molecule has 2 atom stereocenters. The van der Waals surface area contributed by atoms with Crippen LogP contribution in [-0.2, 0) is 21.7 Å². The summed E-state index contributed by atoms with van der Waals surface area (Å²) in [6, 6.07) is 7.43. The molecular weight excluding hydrogens is 534 g/mol. The van der Waals surface area contributed by atoms with Gasteiger partial charge in [-0.2, -0.15) is 5.10 Å². The van der Waals surface area contributed by atoms with Crippen LogP contribution in [0.2, 0.25) is 0 Å². The molecule has 5 rings (SSSR count). The molecule has 1 aliphatic carbocycles. The number of rotatable bonds is 8. The Bertz CT molecular complexity index is 1630. The van der Waals surface area contributed by atoms with Gasteiger partial charge < -0.3 is 0 Å². The molecule has 8 nitrogen and oxygen atoms in total. The van der Waals surface area contributed by atoms with Gasteiger partial charge in [-0.15, -0.1) is 5.10 Å². The van der Waals surface area contributed by atoms with Gasteiger partial charge in [-0.05, 0) is 61.4 Å². The van der Waals surface area contributed by atoms with Gasteiger partial charge in [-0.25, -0.2) is 37.1 Å². The first-order chi connectivity index (χ1) is 19.1. The zero-order valence-electron chi connectivity index (χ0n) is 22.6. The molecule has 0 N–H and O–H groups in total. The Labute approximate surface area is 232 Å². The molecule has 0 radical (unpaired) electrons. The molecule has 0 aliphatic heterocycles. The largest absolute Gasteiger partial charge is 0.241 e. The lowest BCUT2D eigenvalue weighted by molar-refractivity contribution is 0.353. The monoisotopic (exact) mass is 564 g/mol. The summed E-state index contributed by atoms with van der Waals surface area (Å²) in [4.78, 5) is 18.0. The Morgan fingerprint density at radius 2 is 1.75 bits per heavy atom. The van der Waals surface area contributed by atoms with Gasteiger partial charge in [-0.1, -0.05) is 19.9 Å². The van der Waals surface area contributed by atoms with Gasteiger partial charge in [0.05, 0.1) is 39.4 Å². The molecule has 0 unspecified atom stereocenters. The third kappa shape index (κ3) is 5.34. The van der Waals surface area contributed by atoms with Crippen LogP contribution in [0.4, 0.5) is 8.78 Å². The van der Waals surface area contributed by atoms with E-state index in [1.54, 1.807) is 24.7 Å². The first-order valence-corrected chi connectivity index (χ1v) is 15.4. The SMILES string of the molecule is CC[C@H]1CC[C@](CC)(c2ccnc(-c3cnc(CCS(C)(=O)=O)nc3)n2)c2nnc(-c3c(F)cccc3F)cc21. The topological polar surface area (TPSA) is 111 Å². The number of halogens is 2. The van der Waals surface area contributed by atoms with E-state index < -0.39 is 26.9 Å². The molecule has 3 heterocycles. The van der Waals surface area contributed by atoms with Crippen molar-refractivity contribution in [3.05, 3.63) is 83.3 Å². The van der Waals surface area contributed by atoms with Crippen LogP contribution in [0, 0.1) is 11.6 Å². The van der Waals surface area contributed by atoms with E-state index in [2.05, 4.69) is 39.0 Å². The number of hydrogen-bond donors (Lipinski definition) is 0. The molecule has 40 heavy (non-hydrogen) atoms. The molecule has 208 valence electrons. The summed E-state index contributed by atoms with van der Waals surface area (Å²) in [5.41, 5.74) is 2.52. The summed E-state index contributed by atoms with van der Waals surface area (Å²) in [5.74, 6) is -0.332. The Balaban J connectivity index is 1.54. The molecule has 0 amide bonds. The van der Waals surface area contributed by atoms with E-state index in [-0.39, 0.29) is 29.3 Å². The Morgan fingerprint density at radius 1 is 1.02 bits per heavy atom. The van der Waals surface area contributed by atoms with Crippen LogP contribution in [0.25, 0.3) is 22.6 Å². The third-order valence-electron chi connectivity index (χ3n) is 7.76. The summed E-state index contributed by atoms with van der Waals surface area (Å²) in [7, 11) is -3.12. The first-order valence-electron chi connectivity index (χ1n) is 13.3. The summed E-state index contributed by atoms with van der Waals surface area (Å²) in [6.45, 7) is 4.17. The van der Waals surface area contributed by atoms with Crippen molar-refractivity contribution in [2.75, 3.05) is 12.0 Å². The van der Waals surface area contributed by atoms with Crippen LogP contribution in [0.3, 0.4) is 0 Å². The van der Waals surface area contributed by atoms with Gasteiger partial charge in [0.1, 0.15) is 27.3 Å². The number of fused-ring (bicyclic) bond motifs is 1. The van der Waals surface area contributed by atoms with Crippen molar-refractivity contribution in [1.29, 1.82) is 0 Å². The number of aryl methyl sites for hydroxylation is 1. The van der Waals surface area contributed by atoms with Crippen molar-refractivity contribution in [3.8, 4) is 22.6 Å². The molecular formula is C29H30F2N6O2S. The van der Waals surface area contributed by atoms with Gasteiger partial charge in [0.2, 0.25) is 0 Å². The molecule has 11 heteroatoms. The predicted octanol–water partition coefficient (Wildman–Crippen LogP) is 5.24. The molecule has 1 aliphatic rings. The van der Waals surface area contributed by atoms with E-state index in [1.807, 2.05) is 6.07 Å². The lowest BCUT2D eigenvalue weighted by Gasteiger charge is -2.39. The lowest BCUT2D eigenvalue weighted by Crippen LogP contribution is -2.36. The van der Waals surface area contributed by atoms with Crippen molar-refractivity contribution in [2.45, 2.75) is 57.3 Å². The quantitative estimate of drug-likeness (QED) is 0.286. The van der Waals surface area contributed by atoms with Crippen LogP contribution < -0.4 is 0 Å². The fraction of sp³-hybridized carbons (Fsp3) is 0.379. The second-order valence-electron chi connectivity index (χ2n) is 10.2. The minimum absolute atomic E-state index is 0.0260. The molecule has 4 aromatic rings. The van der Waals surface area contributed by atoms with Crippen LogP contribution >= 0.6 is 0 Å². The maximum absolute atomic E-state index is 14.6. The van der Waals surface area contributed by atoms with Crippen LogP contribution in [-0.4, -0.2) is 50.6 Å². The van der Waals surface area contributed by atoms with Gasteiger partial charge in [0.25, 0.3) is 0 Å². The molecule has 3 aromatic heterocycles. The second-order valence-corrected chi connectivity index (χ2v) is 12.5. The molecule has 1 aromatic carbocycles. The van der Waals surface area contributed by atoms with E-state index in [0.717, 1.165) is 36.2 Å². The highest BCUT2D eigenvalue weighted by molar-refractivity contribution is 7.90. The molecule has 0 bridgehead atoms. The zero-order chi connectivity index (χ0) is 28.5. The van der Waals surface area contributed by atoms with Gasteiger partial charge >= 0.3 is 0 Å². The second kappa shape index (κ2) is 11.0. The number of nitrogens with zero attached hydrogens (tertiary/aromatic N) is 6. The number of aromatic nitrogens is 6. The van der Waals surface area contributed by atoms with E-state index in [1.165, 1.54) is 24.5 Å². The van der Waals surface area contributed by atoms with Gasteiger partial charge in [0, 0.05) is 31.3 Å². The highest BCUT2D eigenvalue weighted by atomic mass is 32.2. The Kier molecular flexibility index (Phi) is 7.67. The molecule has 0 fully saturated rings. The summed E-state index contributed by atoms with van der Waals surface area (Å²) >= 11 is 0. The van der Waals surface area contributed by atoms with Gasteiger partial charge in [-0.3, -0.25) is 0 Å². The smallest absolute Gasteiger partial charge is 0.162 e.